The second kappa shape index (κ2) is 5.57. The Morgan fingerprint density at radius 3 is 2.45 bits per heavy atom. The van der Waals surface area contributed by atoms with Crippen LogP contribution in [0, 0.1) is 0 Å². The lowest BCUT2D eigenvalue weighted by molar-refractivity contribution is -0.136. The first kappa shape index (κ1) is 13.6. The first-order chi connectivity index (χ1) is 9.78. The van der Waals surface area contributed by atoms with Crippen LogP contribution in [0.1, 0.15) is 38.2 Å². The summed E-state index contributed by atoms with van der Waals surface area (Å²) in [4.78, 5) is 15.2. The molecule has 3 nitrogen and oxygen atoms in total. The van der Waals surface area contributed by atoms with E-state index in [1.54, 1.807) is 0 Å². The fourth-order valence-electron chi connectivity index (χ4n) is 3.47. The summed E-state index contributed by atoms with van der Waals surface area (Å²) < 4.78 is 0. The van der Waals surface area contributed by atoms with Crippen LogP contribution in [0.4, 0.5) is 0 Å². The summed E-state index contributed by atoms with van der Waals surface area (Å²) in [6.45, 7) is 5.01. The number of hydrogen-bond donors (Lipinski definition) is 1. The molecule has 0 bridgehead atoms. The van der Waals surface area contributed by atoms with Crippen LogP contribution in [0.15, 0.2) is 30.3 Å². The molecule has 0 aromatic heterocycles. The van der Waals surface area contributed by atoms with Crippen molar-refractivity contribution in [3.63, 3.8) is 0 Å². The Morgan fingerprint density at radius 1 is 1.25 bits per heavy atom. The zero-order valence-corrected chi connectivity index (χ0v) is 12.3. The van der Waals surface area contributed by atoms with Gasteiger partial charge < -0.3 is 10.2 Å². The third kappa shape index (κ3) is 2.35. The maximum Gasteiger partial charge on any atom is 0.233 e. The largest absolute Gasteiger partial charge is 0.339 e. The zero-order chi connectivity index (χ0) is 14.0. The minimum Gasteiger partial charge on any atom is -0.339 e. The summed E-state index contributed by atoms with van der Waals surface area (Å²) in [7, 11) is 0. The molecule has 2 fully saturated rings. The van der Waals surface area contributed by atoms with E-state index in [1.165, 1.54) is 5.56 Å². The Kier molecular flexibility index (Phi) is 3.79. The molecule has 1 aliphatic heterocycles. The van der Waals surface area contributed by atoms with E-state index in [2.05, 4.69) is 29.3 Å². The molecule has 0 unspecified atom stereocenters. The van der Waals surface area contributed by atoms with E-state index in [-0.39, 0.29) is 5.41 Å². The van der Waals surface area contributed by atoms with E-state index in [4.69, 9.17) is 0 Å². The number of amides is 1. The molecular weight excluding hydrogens is 248 g/mol. The van der Waals surface area contributed by atoms with Crippen LogP contribution in [-0.2, 0) is 10.2 Å². The van der Waals surface area contributed by atoms with Crippen molar-refractivity contribution in [3.05, 3.63) is 35.9 Å². The summed E-state index contributed by atoms with van der Waals surface area (Å²) in [6.07, 6.45) is 4.20. The maximum absolute atomic E-state index is 13.1. The average molecular weight is 272 g/mol. The number of benzene rings is 1. The number of rotatable bonds is 4. The van der Waals surface area contributed by atoms with E-state index in [9.17, 15) is 4.79 Å². The van der Waals surface area contributed by atoms with Crippen LogP contribution in [0.5, 0.6) is 0 Å². The molecule has 1 N–H and O–H groups in total. The predicted octanol–water partition coefficient (Wildman–Crippen LogP) is 2.32. The molecule has 20 heavy (non-hydrogen) atoms. The summed E-state index contributed by atoms with van der Waals surface area (Å²) in [5, 5.41) is 3.38. The predicted molar refractivity (Wildman–Crippen MR) is 80.6 cm³/mol. The van der Waals surface area contributed by atoms with Gasteiger partial charge in [-0.2, -0.15) is 0 Å². The van der Waals surface area contributed by atoms with Crippen molar-refractivity contribution in [2.45, 2.75) is 44.1 Å². The van der Waals surface area contributed by atoms with Crippen LogP contribution >= 0.6 is 0 Å². The van der Waals surface area contributed by atoms with Crippen molar-refractivity contribution in [3.8, 4) is 0 Å². The number of nitrogens with one attached hydrogen (secondary N) is 1. The van der Waals surface area contributed by atoms with E-state index in [1.807, 2.05) is 18.2 Å². The number of carbonyl (C=O) groups excluding carboxylic acids is 1. The normalized spacial score (nSPS) is 21.4. The summed E-state index contributed by atoms with van der Waals surface area (Å²) in [6, 6.07) is 10.8. The molecule has 1 saturated carbocycles. The first-order valence-corrected chi connectivity index (χ1v) is 7.85. The highest BCUT2D eigenvalue weighted by atomic mass is 16.2. The van der Waals surface area contributed by atoms with Crippen LogP contribution in [0.2, 0.25) is 0 Å². The molecule has 3 heteroatoms. The van der Waals surface area contributed by atoms with Crippen LogP contribution < -0.4 is 5.32 Å². The van der Waals surface area contributed by atoms with Gasteiger partial charge in [-0.25, -0.2) is 0 Å². The quantitative estimate of drug-likeness (QED) is 0.912. The minimum absolute atomic E-state index is 0.206. The van der Waals surface area contributed by atoms with Gasteiger partial charge in [0, 0.05) is 12.6 Å². The minimum atomic E-state index is -0.206. The molecule has 1 heterocycles. The van der Waals surface area contributed by atoms with Crippen LogP contribution in [0.25, 0.3) is 0 Å². The number of likely N-dealkylation sites (N-methyl/N-ethyl adjacent to an activating group) is 1. The Balaban J connectivity index is 1.80. The lowest BCUT2D eigenvalue weighted by atomic mass is 9.92. The second-order valence-electron chi connectivity index (χ2n) is 6.02. The Bertz CT molecular complexity index is 461. The van der Waals surface area contributed by atoms with Gasteiger partial charge in [0.15, 0.2) is 0 Å². The van der Waals surface area contributed by atoms with Gasteiger partial charge >= 0.3 is 0 Å². The molecule has 1 aromatic carbocycles. The SMILES string of the molecule is CCN(C(=O)C1(c2ccccc2)CC1)C1CCNCC1. The van der Waals surface area contributed by atoms with Crippen molar-refractivity contribution in [2.24, 2.45) is 0 Å². The molecule has 2 aliphatic rings. The molecule has 108 valence electrons. The lowest BCUT2D eigenvalue weighted by Gasteiger charge is -2.36. The Hall–Kier alpha value is -1.35. The fraction of sp³-hybridized carbons (Fsp3) is 0.588. The zero-order valence-electron chi connectivity index (χ0n) is 12.3. The van der Waals surface area contributed by atoms with E-state index >= 15 is 0 Å². The third-order valence-corrected chi connectivity index (χ3v) is 4.84. The smallest absolute Gasteiger partial charge is 0.233 e. The van der Waals surface area contributed by atoms with E-state index < -0.39 is 0 Å². The molecule has 0 radical (unpaired) electrons. The summed E-state index contributed by atoms with van der Waals surface area (Å²) in [5.74, 6) is 0.359. The summed E-state index contributed by atoms with van der Waals surface area (Å²) in [5.41, 5.74) is 1.000. The van der Waals surface area contributed by atoms with Gasteiger partial charge in [-0.1, -0.05) is 30.3 Å². The maximum atomic E-state index is 13.1. The Morgan fingerprint density at radius 2 is 1.90 bits per heavy atom. The van der Waals surface area contributed by atoms with Gasteiger partial charge in [0.2, 0.25) is 5.91 Å². The molecule has 1 saturated heterocycles. The third-order valence-electron chi connectivity index (χ3n) is 4.84. The monoisotopic (exact) mass is 272 g/mol. The molecule has 0 spiro atoms. The molecule has 1 amide bonds. The second-order valence-corrected chi connectivity index (χ2v) is 6.02. The number of piperidine rings is 1. The first-order valence-electron chi connectivity index (χ1n) is 7.85. The van der Waals surface area contributed by atoms with Crippen molar-refractivity contribution in [1.82, 2.24) is 10.2 Å². The van der Waals surface area contributed by atoms with Crippen LogP contribution in [-0.4, -0.2) is 36.5 Å². The highest BCUT2D eigenvalue weighted by molar-refractivity contribution is 5.91. The molecule has 1 aliphatic carbocycles. The molecule has 1 aromatic rings. The standard InChI is InChI=1S/C17H24N2O/c1-2-19(15-8-12-18-13-9-15)16(20)17(10-11-17)14-6-4-3-5-7-14/h3-7,15,18H,2,8-13H2,1H3. The number of carbonyl (C=O) groups is 1. The van der Waals surface area contributed by atoms with Crippen LogP contribution in [0.3, 0.4) is 0 Å². The fourth-order valence-corrected chi connectivity index (χ4v) is 3.47. The number of hydrogen-bond acceptors (Lipinski definition) is 2. The number of nitrogens with zero attached hydrogens (tertiary/aromatic N) is 1. The van der Waals surface area contributed by atoms with Gasteiger partial charge in [-0.15, -0.1) is 0 Å². The van der Waals surface area contributed by atoms with Gasteiger partial charge in [0.25, 0.3) is 0 Å². The van der Waals surface area contributed by atoms with Crippen molar-refractivity contribution >= 4 is 5.91 Å². The lowest BCUT2D eigenvalue weighted by Crippen LogP contribution is -2.49. The summed E-state index contributed by atoms with van der Waals surface area (Å²) >= 11 is 0. The molecular formula is C17H24N2O. The topological polar surface area (TPSA) is 32.3 Å². The van der Waals surface area contributed by atoms with E-state index in [0.717, 1.165) is 45.3 Å². The Labute approximate surface area is 121 Å². The van der Waals surface area contributed by atoms with Crippen molar-refractivity contribution < 1.29 is 4.79 Å². The molecule has 0 atom stereocenters. The van der Waals surface area contributed by atoms with Gasteiger partial charge in [0.1, 0.15) is 0 Å². The van der Waals surface area contributed by atoms with Crippen molar-refractivity contribution in [2.75, 3.05) is 19.6 Å². The van der Waals surface area contributed by atoms with Gasteiger partial charge in [-0.05, 0) is 51.3 Å². The van der Waals surface area contributed by atoms with Gasteiger partial charge in [-0.3, -0.25) is 4.79 Å². The van der Waals surface area contributed by atoms with E-state index in [0.29, 0.717) is 11.9 Å². The highest BCUT2D eigenvalue weighted by Gasteiger charge is 2.53. The van der Waals surface area contributed by atoms with Gasteiger partial charge in [0.05, 0.1) is 5.41 Å². The highest BCUT2D eigenvalue weighted by Crippen LogP contribution is 2.50. The molecule has 3 rings (SSSR count). The van der Waals surface area contributed by atoms with Crippen molar-refractivity contribution in [1.29, 1.82) is 0 Å². The average Bonchev–Trinajstić information content (AvgIpc) is 3.32.